The van der Waals surface area contributed by atoms with Crippen molar-refractivity contribution < 1.29 is 13.3 Å². The number of rotatable bonds is 4. The topological polar surface area (TPSA) is 75.1 Å². The van der Waals surface area contributed by atoms with Gasteiger partial charge in [-0.15, -0.1) is 0 Å². The first-order chi connectivity index (χ1) is 30.2. The Balaban J connectivity index is 1.09. The molecule has 7 heteroatoms. The lowest BCUT2D eigenvalue weighted by atomic mass is 10.00. The molecular weight excluding hydrogens is 753 g/mol. The van der Waals surface area contributed by atoms with Gasteiger partial charge in [-0.3, -0.25) is 9.13 Å². The van der Waals surface area contributed by atoms with Gasteiger partial charge >= 0.3 is 6.01 Å². The number of oxazole rings is 1. The number of furan rings is 2. The number of para-hydroxylation sites is 6. The molecule has 0 radical (unpaired) electrons. The van der Waals surface area contributed by atoms with Gasteiger partial charge in [-0.25, -0.2) is 4.98 Å². The van der Waals surface area contributed by atoms with E-state index in [2.05, 4.69) is 143 Å². The van der Waals surface area contributed by atoms with Crippen LogP contribution in [0.4, 0.5) is 0 Å². The van der Waals surface area contributed by atoms with Crippen molar-refractivity contribution in [2.75, 3.05) is 0 Å². The summed E-state index contributed by atoms with van der Waals surface area (Å²) in [4.78, 5) is 10.6. The van der Waals surface area contributed by atoms with Crippen molar-refractivity contribution in [1.82, 2.24) is 19.1 Å². The molecule has 284 valence electrons. The molecule has 0 aliphatic heterocycles. The summed E-state index contributed by atoms with van der Waals surface area (Å²) in [5.41, 5.74) is 13.1. The predicted molar refractivity (Wildman–Crippen MR) is 246 cm³/mol. The molecule has 0 saturated carbocycles. The Morgan fingerprint density at radius 3 is 1.67 bits per heavy atom. The third kappa shape index (κ3) is 4.62. The normalized spacial score (nSPS) is 12.3. The number of fused-ring (bicyclic) bond motifs is 14. The molecule has 0 atom stereocenters. The van der Waals surface area contributed by atoms with E-state index in [-0.39, 0.29) is 0 Å². The van der Waals surface area contributed by atoms with Crippen LogP contribution in [-0.2, 0) is 0 Å². The molecule has 14 rings (SSSR count). The standard InChI is InChI=1S/C54H30N4O3/c1-6-16-43-34(11-1)37-23-24-45-52(38-14-2-7-17-44(38)57(45)54-56-41-15-5-10-20-50(41)61-54)53(37)58(43)51-30-33(31-21-25-48-39(27-31)35-12-3-8-18-46(35)59-48)29-42(55-51)32-22-26-49-40(28-32)36-13-4-9-19-47(36)60-49/h1-30H. The Kier molecular flexibility index (Phi) is 6.43. The van der Waals surface area contributed by atoms with Crippen LogP contribution < -0.4 is 0 Å². The van der Waals surface area contributed by atoms with Gasteiger partial charge in [-0.2, -0.15) is 4.98 Å². The second kappa shape index (κ2) is 12.1. The summed E-state index contributed by atoms with van der Waals surface area (Å²) >= 11 is 0. The first-order valence-corrected chi connectivity index (χ1v) is 20.4. The van der Waals surface area contributed by atoms with E-state index in [0.29, 0.717) is 6.01 Å². The molecule has 0 bridgehead atoms. The van der Waals surface area contributed by atoms with Crippen molar-refractivity contribution in [3.63, 3.8) is 0 Å². The zero-order valence-corrected chi connectivity index (χ0v) is 32.3. The second-order valence-corrected chi connectivity index (χ2v) is 15.7. The van der Waals surface area contributed by atoms with Crippen molar-refractivity contribution >= 4 is 98.6 Å². The van der Waals surface area contributed by atoms with Gasteiger partial charge in [0.15, 0.2) is 5.58 Å². The Morgan fingerprint density at radius 1 is 0.344 bits per heavy atom. The van der Waals surface area contributed by atoms with Crippen LogP contribution in [0, 0.1) is 0 Å². The Morgan fingerprint density at radius 2 is 0.934 bits per heavy atom. The van der Waals surface area contributed by atoms with E-state index < -0.39 is 0 Å². The second-order valence-electron chi connectivity index (χ2n) is 15.7. The summed E-state index contributed by atoms with van der Waals surface area (Å²) in [7, 11) is 0. The Bertz CT molecular complexity index is 3970. The summed E-state index contributed by atoms with van der Waals surface area (Å²) in [5.74, 6) is 0.805. The summed E-state index contributed by atoms with van der Waals surface area (Å²) in [6, 6.07) is 63.8. The minimum absolute atomic E-state index is 0.529. The van der Waals surface area contributed by atoms with Crippen LogP contribution in [0.1, 0.15) is 0 Å². The highest BCUT2D eigenvalue weighted by Crippen LogP contribution is 2.43. The number of hydrogen-bond acceptors (Lipinski definition) is 5. The number of aromatic nitrogens is 4. The highest BCUT2D eigenvalue weighted by Gasteiger charge is 2.24. The van der Waals surface area contributed by atoms with Crippen LogP contribution in [0.15, 0.2) is 195 Å². The van der Waals surface area contributed by atoms with Gasteiger partial charge in [-0.1, -0.05) is 97.1 Å². The van der Waals surface area contributed by atoms with Crippen molar-refractivity contribution in [3.05, 3.63) is 182 Å². The summed E-state index contributed by atoms with van der Waals surface area (Å²) in [5, 5.41) is 8.76. The van der Waals surface area contributed by atoms with E-state index >= 15 is 0 Å². The van der Waals surface area contributed by atoms with Crippen molar-refractivity contribution in [2.24, 2.45) is 0 Å². The quantitative estimate of drug-likeness (QED) is 0.178. The highest BCUT2D eigenvalue weighted by molar-refractivity contribution is 6.26. The first kappa shape index (κ1) is 32.5. The van der Waals surface area contributed by atoms with Gasteiger partial charge in [0.1, 0.15) is 33.7 Å². The minimum atomic E-state index is 0.529. The first-order valence-electron chi connectivity index (χ1n) is 20.4. The average Bonchev–Trinajstić information content (AvgIpc) is 4.13. The van der Waals surface area contributed by atoms with E-state index in [1.165, 1.54) is 0 Å². The molecule has 6 heterocycles. The third-order valence-corrected chi connectivity index (χ3v) is 12.4. The summed E-state index contributed by atoms with van der Waals surface area (Å²) in [6.07, 6.45) is 0. The summed E-state index contributed by atoms with van der Waals surface area (Å²) < 4.78 is 23.5. The van der Waals surface area contributed by atoms with Crippen molar-refractivity contribution in [2.45, 2.75) is 0 Å². The van der Waals surface area contributed by atoms with Gasteiger partial charge in [0.05, 0.1) is 27.8 Å². The molecule has 0 unspecified atom stereocenters. The molecule has 0 N–H and O–H groups in total. The molecule has 8 aromatic carbocycles. The smallest absolute Gasteiger partial charge is 0.307 e. The molecule has 0 amide bonds. The lowest BCUT2D eigenvalue weighted by molar-refractivity contribution is 0.574. The fraction of sp³-hybridized carbons (Fsp3) is 0. The summed E-state index contributed by atoms with van der Waals surface area (Å²) in [6.45, 7) is 0. The molecule has 14 aromatic rings. The monoisotopic (exact) mass is 782 g/mol. The SMILES string of the molecule is c1ccc2oc(-n3c4ccccc4c4c3ccc3c5ccccc5n(-c5cc(-c6ccc7oc8ccccc8c7c6)cc(-c6ccc7oc8ccccc8c7c6)n5)c34)nc2c1. The molecule has 6 aromatic heterocycles. The maximum Gasteiger partial charge on any atom is 0.307 e. The molecule has 0 aliphatic rings. The fourth-order valence-electron chi connectivity index (χ4n) is 9.64. The Hall–Kier alpha value is -8.42. The van der Waals surface area contributed by atoms with E-state index in [1.807, 2.05) is 48.5 Å². The van der Waals surface area contributed by atoms with Gasteiger partial charge in [-0.05, 0) is 96.1 Å². The van der Waals surface area contributed by atoms with Gasteiger partial charge in [0.25, 0.3) is 0 Å². The van der Waals surface area contributed by atoms with E-state index in [0.717, 1.165) is 127 Å². The van der Waals surface area contributed by atoms with Crippen molar-refractivity contribution in [1.29, 1.82) is 0 Å². The lowest BCUT2D eigenvalue weighted by Gasteiger charge is -2.14. The van der Waals surface area contributed by atoms with Crippen LogP contribution in [-0.4, -0.2) is 19.1 Å². The van der Waals surface area contributed by atoms with Gasteiger partial charge < -0.3 is 13.3 Å². The number of hydrogen-bond donors (Lipinski definition) is 0. The largest absolute Gasteiger partial charge is 0.456 e. The van der Waals surface area contributed by atoms with Crippen LogP contribution in [0.3, 0.4) is 0 Å². The highest BCUT2D eigenvalue weighted by atomic mass is 16.4. The Labute approximate surface area is 345 Å². The van der Waals surface area contributed by atoms with E-state index in [1.54, 1.807) is 0 Å². The molecule has 7 nitrogen and oxygen atoms in total. The average molecular weight is 783 g/mol. The molecule has 0 aliphatic carbocycles. The lowest BCUT2D eigenvalue weighted by Crippen LogP contribution is -2.00. The molecule has 0 fully saturated rings. The van der Waals surface area contributed by atoms with Crippen LogP contribution in [0.5, 0.6) is 0 Å². The van der Waals surface area contributed by atoms with Gasteiger partial charge in [0.2, 0.25) is 0 Å². The van der Waals surface area contributed by atoms with Crippen LogP contribution in [0.25, 0.3) is 133 Å². The zero-order valence-electron chi connectivity index (χ0n) is 32.3. The third-order valence-electron chi connectivity index (χ3n) is 12.4. The fourth-order valence-corrected chi connectivity index (χ4v) is 9.64. The van der Waals surface area contributed by atoms with Crippen LogP contribution in [0.2, 0.25) is 0 Å². The predicted octanol–water partition coefficient (Wildman–Crippen LogP) is 14.5. The van der Waals surface area contributed by atoms with Crippen molar-refractivity contribution in [3.8, 4) is 34.2 Å². The number of benzene rings is 8. The maximum atomic E-state index is 6.47. The number of nitrogens with zero attached hydrogens (tertiary/aromatic N) is 4. The van der Waals surface area contributed by atoms with E-state index in [9.17, 15) is 0 Å². The van der Waals surface area contributed by atoms with Gasteiger partial charge in [0, 0.05) is 48.7 Å². The minimum Gasteiger partial charge on any atom is -0.456 e. The number of pyridine rings is 1. The molecular formula is C54H30N4O3. The molecule has 0 saturated heterocycles. The zero-order chi connectivity index (χ0) is 39.8. The molecule has 0 spiro atoms. The molecule has 61 heavy (non-hydrogen) atoms. The van der Waals surface area contributed by atoms with E-state index in [4.69, 9.17) is 23.2 Å². The van der Waals surface area contributed by atoms with Crippen LogP contribution >= 0.6 is 0 Å². The maximum absolute atomic E-state index is 6.47.